The number of nitro benzene ring substituents is 1. The number of anilines is 2. The van der Waals surface area contributed by atoms with Gasteiger partial charge in [0.1, 0.15) is 9.58 Å². The van der Waals surface area contributed by atoms with Crippen molar-refractivity contribution in [3.05, 3.63) is 79.9 Å². The van der Waals surface area contributed by atoms with Gasteiger partial charge in [-0.25, -0.2) is 23.1 Å². The molecule has 34 heavy (non-hydrogen) atoms. The van der Waals surface area contributed by atoms with E-state index < -0.39 is 20.9 Å². The summed E-state index contributed by atoms with van der Waals surface area (Å²) in [6, 6.07) is 11.6. The monoisotopic (exact) mass is 517 g/mol. The predicted molar refractivity (Wildman–Crippen MR) is 130 cm³/mol. The Hall–Kier alpha value is -3.61. The number of thiophene rings is 1. The molecule has 13 heteroatoms. The van der Waals surface area contributed by atoms with Gasteiger partial charge in [-0.2, -0.15) is 0 Å². The van der Waals surface area contributed by atoms with E-state index in [-0.39, 0.29) is 26.4 Å². The standard InChI is InChI=1S/C21H16ClN5O5S2/c1-11-10-12(2)24-21(23-11)26-34(31,32)14-8-6-13(7-9-14)25-20(28)19-17(22)15-4-3-5-16(27(29)30)18(15)33-19/h3-10H,1-2H3,(H,25,28)(H,23,24,26). The molecule has 0 radical (unpaired) electrons. The van der Waals surface area contributed by atoms with Crippen LogP contribution < -0.4 is 10.0 Å². The Balaban J connectivity index is 1.55. The number of carbonyl (C=O) groups is 1. The van der Waals surface area contributed by atoms with Gasteiger partial charge in [-0.15, -0.1) is 11.3 Å². The molecular formula is C21H16ClN5O5S2. The summed E-state index contributed by atoms with van der Waals surface area (Å²) in [7, 11) is -3.95. The Morgan fingerprint density at radius 1 is 1.09 bits per heavy atom. The van der Waals surface area contributed by atoms with Crippen molar-refractivity contribution in [2.75, 3.05) is 10.0 Å². The van der Waals surface area contributed by atoms with Gasteiger partial charge in [0.25, 0.3) is 21.6 Å². The molecule has 0 unspecified atom stereocenters. The zero-order valence-corrected chi connectivity index (χ0v) is 20.1. The van der Waals surface area contributed by atoms with Crippen LogP contribution in [0.5, 0.6) is 0 Å². The van der Waals surface area contributed by atoms with E-state index in [1.807, 2.05) is 0 Å². The van der Waals surface area contributed by atoms with Crippen LogP contribution >= 0.6 is 22.9 Å². The van der Waals surface area contributed by atoms with Crippen molar-refractivity contribution in [3.63, 3.8) is 0 Å². The first-order valence-electron chi connectivity index (χ1n) is 9.67. The van der Waals surface area contributed by atoms with Gasteiger partial charge in [0.05, 0.1) is 14.8 Å². The van der Waals surface area contributed by atoms with E-state index in [2.05, 4.69) is 20.0 Å². The van der Waals surface area contributed by atoms with Crippen LogP contribution in [0.2, 0.25) is 5.02 Å². The molecule has 10 nitrogen and oxygen atoms in total. The highest BCUT2D eigenvalue weighted by Gasteiger charge is 2.23. The lowest BCUT2D eigenvalue weighted by atomic mass is 10.2. The molecule has 0 spiro atoms. The summed E-state index contributed by atoms with van der Waals surface area (Å²) >= 11 is 7.22. The highest BCUT2D eigenvalue weighted by molar-refractivity contribution is 7.92. The number of aryl methyl sites for hydroxylation is 2. The second-order valence-corrected chi connectivity index (χ2v) is 10.3. The van der Waals surface area contributed by atoms with E-state index >= 15 is 0 Å². The highest BCUT2D eigenvalue weighted by Crippen LogP contribution is 2.40. The van der Waals surface area contributed by atoms with Crippen molar-refractivity contribution in [1.29, 1.82) is 0 Å². The van der Waals surface area contributed by atoms with Gasteiger partial charge in [-0.1, -0.05) is 23.7 Å². The second kappa shape index (κ2) is 8.97. The SMILES string of the molecule is Cc1cc(C)nc(NS(=O)(=O)c2ccc(NC(=O)c3sc4c([N+](=O)[O-])cccc4c3Cl)cc2)n1. The van der Waals surface area contributed by atoms with Crippen molar-refractivity contribution < 1.29 is 18.1 Å². The molecule has 2 heterocycles. The molecule has 0 saturated heterocycles. The van der Waals surface area contributed by atoms with Crippen LogP contribution in [-0.4, -0.2) is 29.2 Å². The van der Waals surface area contributed by atoms with Gasteiger partial charge in [-0.3, -0.25) is 14.9 Å². The topological polar surface area (TPSA) is 144 Å². The van der Waals surface area contributed by atoms with Crippen LogP contribution in [0.1, 0.15) is 21.1 Å². The molecule has 0 aliphatic heterocycles. The lowest BCUT2D eigenvalue weighted by molar-refractivity contribution is -0.382. The molecule has 2 N–H and O–H groups in total. The number of rotatable bonds is 6. The quantitative estimate of drug-likeness (QED) is 0.272. The van der Waals surface area contributed by atoms with Gasteiger partial charge < -0.3 is 5.32 Å². The van der Waals surface area contributed by atoms with Gasteiger partial charge in [0.15, 0.2) is 0 Å². The fraction of sp³-hybridized carbons (Fsp3) is 0.0952. The summed E-state index contributed by atoms with van der Waals surface area (Å²) in [5, 5.41) is 14.4. The molecule has 174 valence electrons. The second-order valence-electron chi connectivity index (χ2n) is 7.21. The van der Waals surface area contributed by atoms with Crippen molar-refractivity contribution in [2.24, 2.45) is 0 Å². The molecule has 0 atom stereocenters. The number of hydrogen-bond acceptors (Lipinski definition) is 8. The molecule has 0 saturated carbocycles. The number of amides is 1. The Bertz CT molecular complexity index is 1530. The summed E-state index contributed by atoms with van der Waals surface area (Å²) in [6.07, 6.45) is 0. The number of fused-ring (bicyclic) bond motifs is 1. The first kappa shape index (κ1) is 23.5. The summed E-state index contributed by atoms with van der Waals surface area (Å²) in [6.45, 7) is 3.45. The first-order chi connectivity index (χ1) is 16.0. The highest BCUT2D eigenvalue weighted by atomic mass is 35.5. The summed E-state index contributed by atoms with van der Waals surface area (Å²) < 4.78 is 27.9. The van der Waals surface area contributed by atoms with Gasteiger partial charge in [-0.05, 0) is 44.2 Å². The molecule has 0 bridgehead atoms. The lowest BCUT2D eigenvalue weighted by Crippen LogP contribution is -2.16. The maximum atomic E-state index is 12.8. The maximum absolute atomic E-state index is 12.8. The molecule has 2 aromatic heterocycles. The number of aromatic nitrogens is 2. The lowest BCUT2D eigenvalue weighted by Gasteiger charge is -2.09. The minimum Gasteiger partial charge on any atom is -0.321 e. The predicted octanol–water partition coefficient (Wildman–Crippen LogP) is 4.92. The van der Waals surface area contributed by atoms with E-state index in [9.17, 15) is 23.3 Å². The average Bonchev–Trinajstić information content (AvgIpc) is 3.10. The van der Waals surface area contributed by atoms with Crippen LogP contribution in [0, 0.1) is 24.0 Å². The van der Waals surface area contributed by atoms with Gasteiger partial charge >= 0.3 is 0 Å². The fourth-order valence-electron chi connectivity index (χ4n) is 3.22. The molecule has 2 aromatic carbocycles. The maximum Gasteiger partial charge on any atom is 0.287 e. The third-order valence-corrected chi connectivity index (χ3v) is 7.74. The molecule has 0 fully saturated rings. The molecular weight excluding hydrogens is 502 g/mol. The largest absolute Gasteiger partial charge is 0.321 e. The smallest absolute Gasteiger partial charge is 0.287 e. The van der Waals surface area contributed by atoms with Crippen LogP contribution in [0.15, 0.2) is 53.4 Å². The number of nitro groups is 1. The van der Waals surface area contributed by atoms with Crippen molar-refractivity contribution in [1.82, 2.24) is 9.97 Å². The number of hydrogen-bond donors (Lipinski definition) is 2. The Labute approximate surface area is 202 Å². The Kier molecular flexibility index (Phi) is 6.21. The molecule has 0 aliphatic carbocycles. The fourth-order valence-corrected chi connectivity index (χ4v) is 5.65. The van der Waals surface area contributed by atoms with Crippen LogP contribution in [-0.2, 0) is 10.0 Å². The Morgan fingerprint density at radius 3 is 2.35 bits per heavy atom. The zero-order chi connectivity index (χ0) is 24.6. The van der Waals surface area contributed by atoms with Crippen LogP contribution in [0.25, 0.3) is 10.1 Å². The molecule has 0 aliphatic rings. The van der Waals surface area contributed by atoms with Crippen molar-refractivity contribution in [3.8, 4) is 0 Å². The molecule has 4 aromatic rings. The third-order valence-electron chi connectivity index (χ3n) is 4.67. The average molecular weight is 518 g/mol. The number of halogens is 1. The number of sulfonamides is 1. The third kappa shape index (κ3) is 4.69. The normalized spacial score (nSPS) is 11.4. The van der Waals surface area contributed by atoms with Crippen molar-refractivity contribution >= 4 is 66.3 Å². The number of carbonyl (C=O) groups excluding carboxylic acids is 1. The number of non-ortho nitro benzene ring substituents is 1. The van der Waals surface area contributed by atoms with E-state index in [1.165, 1.54) is 36.4 Å². The van der Waals surface area contributed by atoms with Gasteiger partial charge in [0.2, 0.25) is 5.95 Å². The van der Waals surface area contributed by atoms with E-state index in [0.717, 1.165) is 11.3 Å². The zero-order valence-electron chi connectivity index (χ0n) is 17.7. The van der Waals surface area contributed by atoms with E-state index in [0.29, 0.717) is 27.2 Å². The van der Waals surface area contributed by atoms with Gasteiger partial charge in [0, 0.05) is 28.5 Å². The minimum atomic E-state index is -3.95. The minimum absolute atomic E-state index is 0.0385. The first-order valence-corrected chi connectivity index (χ1v) is 12.3. The van der Waals surface area contributed by atoms with Crippen molar-refractivity contribution in [2.45, 2.75) is 18.7 Å². The number of nitrogens with one attached hydrogen (secondary N) is 2. The van der Waals surface area contributed by atoms with E-state index in [1.54, 1.807) is 26.0 Å². The number of nitrogens with zero attached hydrogens (tertiary/aromatic N) is 3. The molecule has 4 rings (SSSR count). The van der Waals surface area contributed by atoms with E-state index in [4.69, 9.17) is 11.6 Å². The summed E-state index contributed by atoms with van der Waals surface area (Å²) in [5.74, 6) is -0.610. The number of benzene rings is 2. The molecule has 1 amide bonds. The van der Waals surface area contributed by atoms with Crippen LogP contribution in [0.4, 0.5) is 17.3 Å². The summed E-state index contributed by atoms with van der Waals surface area (Å²) in [4.78, 5) is 31.7. The Morgan fingerprint density at radius 2 is 1.74 bits per heavy atom. The summed E-state index contributed by atoms with van der Waals surface area (Å²) in [5.41, 5.74) is 1.41. The van der Waals surface area contributed by atoms with Crippen LogP contribution in [0.3, 0.4) is 0 Å².